The first-order valence-electron chi connectivity index (χ1n) is 6.22. The summed E-state index contributed by atoms with van der Waals surface area (Å²) >= 11 is 0. The van der Waals surface area contributed by atoms with Crippen molar-refractivity contribution in [3.8, 4) is 6.01 Å². The van der Waals surface area contributed by atoms with Crippen molar-refractivity contribution >= 4 is 11.9 Å². The molecule has 100 valence electrons. The first-order chi connectivity index (χ1) is 8.71. The van der Waals surface area contributed by atoms with Gasteiger partial charge in [-0.3, -0.25) is 5.43 Å². The van der Waals surface area contributed by atoms with E-state index in [1.807, 2.05) is 0 Å². The zero-order chi connectivity index (χ0) is 13.0. The summed E-state index contributed by atoms with van der Waals surface area (Å²) in [6.07, 6.45) is 5.00. The summed E-state index contributed by atoms with van der Waals surface area (Å²) in [7, 11) is 1.51. The smallest absolute Gasteiger partial charge is 0.322 e. The van der Waals surface area contributed by atoms with E-state index >= 15 is 0 Å². The number of ether oxygens (including phenoxy) is 1. The van der Waals surface area contributed by atoms with Gasteiger partial charge in [-0.15, -0.1) is 0 Å². The third-order valence-corrected chi connectivity index (χ3v) is 3.29. The van der Waals surface area contributed by atoms with Gasteiger partial charge >= 0.3 is 6.01 Å². The number of nitrogen functional groups attached to an aromatic ring is 1. The third-order valence-electron chi connectivity index (χ3n) is 3.29. The molecule has 0 aromatic carbocycles. The van der Waals surface area contributed by atoms with Crippen LogP contribution in [0, 0.1) is 5.41 Å². The molecule has 0 spiro atoms. The predicted molar refractivity (Wildman–Crippen MR) is 69.3 cm³/mol. The molecule has 1 aliphatic rings. The van der Waals surface area contributed by atoms with Crippen molar-refractivity contribution in [2.45, 2.75) is 32.6 Å². The number of hydrazine groups is 1. The highest BCUT2D eigenvalue weighted by Gasteiger charge is 2.41. The van der Waals surface area contributed by atoms with Crippen LogP contribution in [0.25, 0.3) is 0 Å². The standard InChI is InChI=1S/C11H20N6O/c1-3-4-11(5-6-11)7-13-8-14-9(17-12)16-10(15-8)18-2/h3-7,12H2,1-2H3,(H2,13,14,15,16,17). The van der Waals surface area contributed by atoms with Crippen LogP contribution in [-0.4, -0.2) is 28.6 Å². The van der Waals surface area contributed by atoms with Crippen molar-refractivity contribution in [3.05, 3.63) is 0 Å². The molecule has 1 aromatic rings. The summed E-state index contributed by atoms with van der Waals surface area (Å²) in [5.41, 5.74) is 2.83. The van der Waals surface area contributed by atoms with Crippen LogP contribution in [0.4, 0.5) is 11.9 Å². The van der Waals surface area contributed by atoms with E-state index in [0.29, 0.717) is 17.3 Å². The maximum atomic E-state index is 5.30. The van der Waals surface area contributed by atoms with E-state index in [0.717, 1.165) is 6.54 Å². The zero-order valence-electron chi connectivity index (χ0n) is 10.9. The minimum atomic E-state index is 0.251. The van der Waals surface area contributed by atoms with Crippen molar-refractivity contribution in [2.24, 2.45) is 11.3 Å². The molecule has 1 aliphatic carbocycles. The molecule has 0 unspecified atom stereocenters. The molecule has 0 saturated heterocycles. The number of anilines is 2. The Morgan fingerprint density at radius 3 is 2.56 bits per heavy atom. The van der Waals surface area contributed by atoms with E-state index in [9.17, 15) is 0 Å². The summed E-state index contributed by atoms with van der Waals surface area (Å²) in [6.45, 7) is 3.10. The second-order valence-corrected chi connectivity index (χ2v) is 4.72. The largest absolute Gasteiger partial charge is 0.467 e. The Morgan fingerprint density at radius 1 is 1.28 bits per heavy atom. The number of nitrogens with one attached hydrogen (secondary N) is 2. The molecule has 1 heterocycles. The Morgan fingerprint density at radius 2 is 2.00 bits per heavy atom. The summed E-state index contributed by atoms with van der Waals surface area (Å²) < 4.78 is 4.99. The van der Waals surface area contributed by atoms with Crippen LogP contribution in [0.1, 0.15) is 32.6 Å². The fraction of sp³-hybridized carbons (Fsp3) is 0.727. The third kappa shape index (κ3) is 2.98. The Hall–Kier alpha value is -1.63. The number of aromatic nitrogens is 3. The summed E-state index contributed by atoms with van der Waals surface area (Å²) in [5.74, 6) is 6.09. The highest BCUT2D eigenvalue weighted by Crippen LogP contribution is 2.49. The van der Waals surface area contributed by atoms with E-state index in [2.05, 4.69) is 32.6 Å². The van der Waals surface area contributed by atoms with E-state index < -0.39 is 0 Å². The normalized spacial score (nSPS) is 16.2. The fourth-order valence-corrected chi connectivity index (χ4v) is 2.08. The van der Waals surface area contributed by atoms with Crippen molar-refractivity contribution in [2.75, 3.05) is 24.4 Å². The molecule has 0 amide bonds. The lowest BCUT2D eigenvalue weighted by molar-refractivity contribution is 0.379. The molecular formula is C11H20N6O. The molecule has 1 saturated carbocycles. The molecule has 0 radical (unpaired) electrons. The van der Waals surface area contributed by atoms with Gasteiger partial charge in [0.1, 0.15) is 0 Å². The summed E-state index contributed by atoms with van der Waals surface area (Å²) in [5, 5.41) is 3.24. The van der Waals surface area contributed by atoms with Crippen LogP contribution in [0.15, 0.2) is 0 Å². The molecule has 1 fully saturated rings. The maximum Gasteiger partial charge on any atom is 0.322 e. The van der Waals surface area contributed by atoms with Crippen LogP contribution in [0.5, 0.6) is 6.01 Å². The summed E-state index contributed by atoms with van der Waals surface area (Å²) in [6, 6.07) is 0.251. The van der Waals surface area contributed by atoms with Crippen LogP contribution in [-0.2, 0) is 0 Å². The van der Waals surface area contributed by atoms with Gasteiger partial charge < -0.3 is 10.1 Å². The molecule has 0 aliphatic heterocycles. The van der Waals surface area contributed by atoms with Gasteiger partial charge in [0.2, 0.25) is 11.9 Å². The van der Waals surface area contributed by atoms with E-state index in [1.165, 1.54) is 32.8 Å². The van der Waals surface area contributed by atoms with Crippen LogP contribution < -0.4 is 21.3 Å². The minimum absolute atomic E-state index is 0.251. The monoisotopic (exact) mass is 252 g/mol. The Kier molecular flexibility index (Phi) is 3.81. The van der Waals surface area contributed by atoms with Crippen LogP contribution >= 0.6 is 0 Å². The molecular weight excluding hydrogens is 232 g/mol. The average molecular weight is 252 g/mol. The molecule has 18 heavy (non-hydrogen) atoms. The van der Waals surface area contributed by atoms with Crippen molar-refractivity contribution in [1.82, 2.24) is 15.0 Å². The van der Waals surface area contributed by atoms with Crippen LogP contribution in [0.3, 0.4) is 0 Å². The van der Waals surface area contributed by atoms with E-state index in [-0.39, 0.29) is 6.01 Å². The number of methoxy groups -OCH3 is 1. The predicted octanol–water partition coefficient (Wildman–Crippen LogP) is 1.16. The van der Waals surface area contributed by atoms with E-state index in [4.69, 9.17) is 10.6 Å². The quantitative estimate of drug-likeness (QED) is 0.494. The first kappa shape index (κ1) is 12.8. The van der Waals surface area contributed by atoms with Gasteiger partial charge in [-0.05, 0) is 24.7 Å². The highest BCUT2D eigenvalue weighted by atomic mass is 16.5. The Bertz CT molecular complexity index is 384. The molecule has 2 rings (SSSR count). The Balaban J connectivity index is 2.00. The van der Waals surface area contributed by atoms with Crippen molar-refractivity contribution in [3.63, 3.8) is 0 Å². The van der Waals surface area contributed by atoms with Crippen molar-refractivity contribution < 1.29 is 4.74 Å². The maximum absolute atomic E-state index is 5.30. The second kappa shape index (κ2) is 5.34. The van der Waals surface area contributed by atoms with Crippen LogP contribution in [0.2, 0.25) is 0 Å². The first-order valence-corrected chi connectivity index (χ1v) is 6.22. The number of hydrogen-bond acceptors (Lipinski definition) is 7. The molecule has 4 N–H and O–H groups in total. The number of nitrogens with zero attached hydrogens (tertiary/aromatic N) is 3. The van der Waals surface area contributed by atoms with Gasteiger partial charge in [0.25, 0.3) is 0 Å². The van der Waals surface area contributed by atoms with Gasteiger partial charge in [-0.25, -0.2) is 5.84 Å². The minimum Gasteiger partial charge on any atom is -0.467 e. The van der Waals surface area contributed by atoms with Gasteiger partial charge in [-0.2, -0.15) is 15.0 Å². The lowest BCUT2D eigenvalue weighted by Gasteiger charge is -2.15. The second-order valence-electron chi connectivity index (χ2n) is 4.72. The molecule has 7 heteroatoms. The Labute approximate surface area is 107 Å². The number of nitrogens with two attached hydrogens (primary N) is 1. The highest BCUT2D eigenvalue weighted by molar-refractivity contribution is 5.35. The molecule has 1 aromatic heterocycles. The molecule has 7 nitrogen and oxygen atoms in total. The lowest BCUT2D eigenvalue weighted by Crippen LogP contribution is -2.19. The lowest BCUT2D eigenvalue weighted by atomic mass is 10.0. The molecule has 0 atom stereocenters. The van der Waals surface area contributed by atoms with Crippen molar-refractivity contribution in [1.29, 1.82) is 0 Å². The fourth-order valence-electron chi connectivity index (χ4n) is 2.08. The SMILES string of the molecule is CCCC1(CNc2nc(NN)nc(OC)n2)CC1. The van der Waals surface area contributed by atoms with Gasteiger partial charge in [0.05, 0.1) is 7.11 Å². The van der Waals surface area contributed by atoms with Gasteiger partial charge in [0, 0.05) is 6.54 Å². The van der Waals surface area contributed by atoms with E-state index in [1.54, 1.807) is 0 Å². The molecule has 0 bridgehead atoms. The van der Waals surface area contributed by atoms with Gasteiger partial charge in [0.15, 0.2) is 0 Å². The average Bonchev–Trinajstić information content (AvgIpc) is 3.16. The zero-order valence-corrected chi connectivity index (χ0v) is 10.9. The number of hydrogen-bond donors (Lipinski definition) is 3. The number of rotatable bonds is 7. The summed E-state index contributed by atoms with van der Waals surface area (Å²) in [4.78, 5) is 12.2. The topological polar surface area (TPSA) is 98.0 Å². The van der Waals surface area contributed by atoms with Gasteiger partial charge in [-0.1, -0.05) is 13.3 Å².